The minimum absolute atomic E-state index is 0.0452. The molecule has 7 nitrogen and oxygen atoms in total. The molecule has 36 heavy (non-hydrogen) atoms. The molecular formula is C27H30FN3O4S. The summed E-state index contributed by atoms with van der Waals surface area (Å²) in [5.74, 6) is -0.866. The molecule has 0 aliphatic carbocycles. The minimum Gasteiger partial charge on any atom is -0.355 e. The highest BCUT2D eigenvalue weighted by atomic mass is 32.2. The van der Waals surface area contributed by atoms with Crippen molar-refractivity contribution < 1.29 is 22.1 Å². The van der Waals surface area contributed by atoms with Crippen LogP contribution >= 0.6 is 0 Å². The van der Waals surface area contributed by atoms with Crippen molar-refractivity contribution in [2.24, 2.45) is 5.92 Å². The van der Waals surface area contributed by atoms with Crippen molar-refractivity contribution in [1.82, 2.24) is 9.46 Å². The van der Waals surface area contributed by atoms with Gasteiger partial charge in [0.05, 0.1) is 0 Å². The Morgan fingerprint density at radius 1 is 1.08 bits per heavy atom. The van der Waals surface area contributed by atoms with E-state index in [1.807, 2.05) is 26.8 Å². The number of carbonyl (C=O) groups excluding carboxylic acids is 1. The zero-order chi connectivity index (χ0) is 26.0. The van der Waals surface area contributed by atoms with Gasteiger partial charge in [-0.2, -0.15) is 4.31 Å². The van der Waals surface area contributed by atoms with E-state index in [-0.39, 0.29) is 41.3 Å². The molecule has 1 amide bonds. The molecule has 190 valence electrons. The normalized spacial score (nSPS) is 15.5. The summed E-state index contributed by atoms with van der Waals surface area (Å²) >= 11 is 0. The van der Waals surface area contributed by atoms with Crippen LogP contribution in [-0.4, -0.2) is 36.9 Å². The third-order valence-electron chi connectivity index (χ3n) is 6.49. The van der Waals surface area contributed by atoms with Gasteiger partial charge in [-0.25, -0.2) is 12.8 Å². The number of carbonyl (C=O) groups is 1. The molecule has 0 saturated carbocycles. The molecule has 1 saturated heterocycles. The van der Waals surface area contributed by atoms with Crippen LogP contribution in [0.25, 0.3) is 12.2 Å². The molecule has 4 rings (SSSR count). The molecule has 1 aliphatic heterocycles. The molecule has 3 aromatic rings. The highest BCUT2D eigenvalue weighted by Gasteiger charge is 2.36. The number of amides is 1. The lowest BCUT2D eigenvalue weighted by atomic mass is 9.97. The summed E-state index contributed by atoms with van der Waals surface area (Å²) in [5, 5.41) is 6.63. The predicted octanol–water partition coefficient (Wildman–Crippen LogP) is 5.26. The first-order valence-electron chi connectivity index (χ1n) is 11.8. The molecule has 0 bridgehead atoms. The van der Waals surface area contributed by atoms with Gasteiger partial charge < -0.3 is 9.84 Å². The Kier molecular flexibility index (Phi) is 7.42. The fraction of sp³-hybridized carbons (Fsp3) is 0.333. The monoisotopic (exact) mass is 511 g/mol. The van der Waals surface area contributed by atoms with Gasteiger partial charge in [-0.05, 0) is 81.5 Å². The summed E-state index contributed by atoms with van der Waals surface area (Å²) in [7, 11) is -3.88. The topological polar surface area (TPSA) is 92.5 Å². The lowest BCUT2D eigenvalue weighted by Crippen LogP contribution is -2.41. The largest absolute Gasteiger partial charge is 0.355 e. The summed E-state index contributed by atoms with van der Waals surface area (Å²) < 4.78 is 47.2. The minimum atomic E-state index is -3.88. The maximum atomic E-state index is 13.5. The fourth-order valence-corrected chi connectivity index (χ4v) is 6.43. The Balaban J connectivity index is 1.48. The lowest BCUT2D eigenvalue weighted by Gasteiger charge is -2.30. The quantitative estimate of drug-likeness (QED) is 0.488. The van der Waals surface area contributed by atoms with E-state index in [4.69, 9.17) is 4.52 Å². The van der Waals surface area contributed by atoms with Gasteiger partial charge in [-0.1, -0.05) is 35.0 Å². The number of anilines is 1. The number of aryl methyl sites for hydroxylation is 4. The van der Waals surface area contributed by atoms with E-state index in [0.29, 0.717) is 18.5 Å². The summed E-state index contributed by atoms with van der Waals surface area (Å²) in [6.07, 6.45) is 4.22. The van der Waals surface area contributed by atoms with Gasteiger partial charge in [0.15, 0.2) is 10.7 Å². The number of piperidine rings is 1. The van der Waals surface area contributed by atoms with Crippen LogP contribution in [0.15, 0.2) is 45.8 Å². The van der Waals surface area contributed by atoms with Crippen LogP contribution in [0.2, 0.25) is 0 Å². The van der Waals surface area contributed by atoms with Gasteiger partial charge >= 0.3 is 0 Å². The van der Waals surface area contributed by atoms with Crippen LogP contribution < -0.4 is 5.32 Å². The van der Waals surface area contributed by atoms with Crippen molar-refractivity contribution in [3.05, 3.63) is 75.9 Å². The second-order valence-electron chi connectivity index (χ2n) is 9.29. The van der Waals surface area contributed by atoms with Crippen LogP contribution in [0.4, 0.5) is 10.1 Å². The molecule has 2 aromatic carbocycles. The zero-order valence-electron chi connectivity index (χ0n) is 20.8. The van der Waals surface area contributed by atoms with E-state index in [1.54, 1.807) is 19.1 Å². The third kappa shape index (κ3) is 5.42. The van der Waals surface area contributed by atoms with E-state index in [0.717, 1.165) is 22.3 Å². The summed E-state index contributed by atoms with van der Waals surface area (Å²) in [6.45, 7) is 8.04. The number of halogens is 1. The van der Waals surface area contributed by atoms with E-state index in [2.05, 4.69) is 22.6 Å². The summed E-state index contributed by atoms with van der Waals surface area (Å²) in [5.41, 5.74) is 5.01. The molecule has 9 heteroatoms. The number of sulfonamides is 1. The number of rotatable bonds is 6. The zero-order valence-corrected chi connectivity index (χ0v) is 21.7. The van der Waals surface area contributed by atoms with Gasteiger partial charge in [0.25, 0.3) is 0 Å². The molecule has 0 spiro atoms. The maximum absolute atomic E-state index is 13.5. The van der Waals surface area contributed by atoms with Crippen LogP contribution in [0.1, 0.15) is 46.5 Å². The molecule has 0 unspecified atom stereocenters. The SMILES string of the molecule is Cc1cc(C)c(C=Cc2onc(C)c2S(=O)(=O)N2CCC(C(=O)Nc3cccc(F)c3)CC2)c(C)c1. The molecule has 1 N–H and O–H groups in total. The van der Waals surface area contributed by atoms with Crippen molar-refractivity contribution in [2.45, 2.75) is 45.4 Å². The average molecular weight is 512 g/mol. The average Bonchev–Trinajstić information content (AvgIpc) is 3.19. The van der Waals surface area contributed by atoms with E-state index < -0.39 is 15.8 Å². The van der Waals surface area contributed by atoms with Gasteiger partial charge in [-0.3, -0.25) is 4.79 Å². The molecule has 0 radical (unpaired) electrons. The number of hydrogen-bond donors (Lipinski definition) is 1. The maximum Gasteiger partial charge on any atom is 0.248 e. The van der Waals surface area contributed by atoms with E-state index in [9.17, 15) is 17.6 Å². The Labute approximate surface area is 211 Å². The molecule has 1 aliphatic rings. The molecule has 2 heterocycles. The number of benzene rings is 2. The molecule has 0 atom stereocenters. The number of nitrogens with zero attached hydrogens (tertiary/aromatic N) is 2. The Hall–Kier alpha value is -3.30. The predicted molar refractivity (Wildman–Crippen MR) is 137 cm³/mol. The summed E-state index contributed by atoms with van der Waals surface area (Å²) in [6, 6.07) is 9.84. The van der Waals surface area contributed by atoms with Crippen LogP contribution in [-0.2, 0) is 14.8 Å². The number of aromatic nitrogens is 1. The van der Waals surface area contributed by atoms with E-state index >= 15 is 0 Å². The first-order valence-corrected chi connectivity index (χ1v) is 13.3. The van der Waals surface area contributed by atoms with Crippen LogP contribution in [0, 0.1) is 39.4 Å². The second-order valence-corrected chi connectivity index (χ2v) is 11.2. The number of hydrogen-bond acceptors (Lipinski definition) is 5. The van der Waals surface area contributed by atoms with Gasteiger partial charge in [-0.15, -0.1) is 0 Å². The Bertz CT molecular complexity index is 1400. The fourth-order valence-electron chi connectivity index (χ4n) is 4.71. The molecule has 1 fully saturated rings. The van der Waals surface area contributed by atoms with Crippen molar-refractivity contribution in [2.75, 3.05) is 18.4 Å². The summed E-state index contributed by atoms with van der Waals surface area (Å²) in [4.78, 5) is 12.7. The van der Waals surface area contributed by atoms with Crippen molar-refractivity contribution >= 4 is 33.8 Å². The standard InChI is InChI=1S/C27H30FN3O4S/c1-17-14-18(2)24(19(3)15-17)8-9-25-26(20(4)30-35-25)36(33,34)31-12-10-21(11-13-31)27(32)29-23-7-5-6-22(28)16-23/h5-9,14-16,21H,10-13H2,1-4H3,(H,29,32). The molecule has 1 aromatic heterocycles. The first-order chi connectivity index (χ1) is 17.1. The smallest absolute Gasteiger partial charge is 0.248 e. The van der Waals surface area contributed by atoms with Crippen molar-refractivity contribution in [1.29, 1.82) is 0 Å². The van der Waals surface area contributed by atoms with Crippen LogP contribution in [0.5, 0.6) is 0 Å². The highest BCUT2D eigenvalue weighted by Crippen LogP contribution is 2.30. The first kappa shape index (κ1) is 25.8. The Morgan fingerprint density at radius 2 is 1.75 bits per heavy atom. The third-order valence-corrected chi connectivity index (χ3v) is 8.54. The van der Waals surface area contributed by atoms with Crippen molar-refractivity contribution in [3.63, 3.8) is 0 Å². The van der Waals surface area contributed by atoms with Crippen molar-refractivity contribution in [3.8, 4) is 0 Å². The number of nitrogens with one attached hydrogen (secondary N) is 1. The van der Waals surface area contributed by atoms with Crippen LogP contribution in [0.3, 0.4) is 0 Å². The lowest BCUT2D eigenvalue weighted by molar-refractivity contribution is -0.120. The second kappa shape index (κ2) is 10.4. The van der Waals surface area contributed by atoms with E-state index in [1.165, 1.54) is 22.5 Å². The van der Waals surface area contributed by atoms with Gasteiger partial charge in [0, 0.05) is 24.7 Å². The molecular weight excluding hydrogens is 481 g/mol. The van der Waals surface area contributed by atoms with Gasteiger partial charge in [0.1, 0.15) is 11.5 Å². The van der Waals surface area contributed by atoms with Gasteiger partial charge in [0.2, 0.25) is 15.9 Å². The highest BCUT2D eigenvalue weighted by molar-refractivity contribution is 7.89. The Morgan fingerprint density at radius 3 is 2.39 bits per heavy atom.